The van der Waals surface area contributed by atoms with Gasteiger partial charge in [0, 0.05) is 6.20 Å². The van der Waals surface area contributed by atoms with E-state index in [1.807, 2.05) is 0 Å². The van der Waals surface area contributed by atoms with E-state index in [0.29, 0.717) is 0 Å². The first-order chi connectivity index (χ1) is 8.43. The van der Waals surface area contributed by atoms with Gasteiger partial charge in [0.1, 0.15) is 5.56 Å². The molecule has 0 bridgehead atoms. The maximum Gasteiger partial charge on any atom is 0.574 e. The van der Waals surface area contributed by atoms with Gasteiger partial charge in [-0.3, -0.25) is 4.79 Å². The van der Waals surface area contributed by atoms with E-state index < -0.39 is 40.9 Å². The average molecular weight is 291 g/mol. The zero-order valence-corrected chi connectivity index (χ0v) is 8.52. The van der Waals surface area contributed by atoms with Gasteiger partial charge in [0.2, 0.25) is 11.3 Å². The minimum absolute atomic E-state index is 0.101. The molecule has 2 N–H and O–H groups in total. The Labute approximate surface area is 99.0 Å². The van der Waals surface area contributed by atoms with Crippen molar-refractivity contribution < 1.29 is 41.0 Å². The Hall–Kier alpha value is -2.20. The molecule has 0 aromatic carbocycles. The fraction of sp³-hybridized carbons (Fsp3) is 0.250. The summed E-state index contributed by atoms with van der Waals surface area (Å²) in [5.74, 6) is -3.91. The van der Waals surface area contributed by atoms with Gasteiger partial charge in [-0.1, -0.05) is 0 Å². The van der Waals surface area contributed by atoms with E-state index in [9.17, 15) is 35.9 Å². The Morgan fingerprint density at radius 2 is 1.74 bits per heavy atom. The third-order valence-corrected chi connectivity index (χ3v) is 1.78. The van der Waals surface area contributed by atoms with E-state index in [1.54, 1.807) is 0 Å². The zero-order chi connectivity index (χ0) is 15.0. The Balaban J connectivity index is 3.50. The van der Waals surface area contributed by atoms with Gasteiger partial charge in [0.05, 0.1) is 0 Å². The number of carbonyl (C=O) groups is 1. The fourth-order valence-electron chi connectivity index (χ4n) is 1.11. The molecule has 0 atom stereocenters. The molecule has 11 heteroatoms. The number of nitrogens with one attached hydrogen (secondary N) is 1. The van der Waals surface area contributed by atoms with Crippen LogP contribution in [0.4, 0.5) is 26.3 Å². The number of aromatic amines is 1. The number of pyridine rings is 1. The molecule has 0 fully saturated rings. The van der Waals surface area contributed by atoms with Crippen molar-refractivity contribution in [2.45, 2.75) is 12.5 Å². The van der Waals surface area contributed by atoms with Crippen LogP contribution in [-0.4, -0.2) is 22.4 Å². The number of H-pyrrole nitrogens is 1. The molecule has 0 unspecified atom stereocenters. The first-order valence-corrected chi connectivity index (χ1v) is 4.25. The van der Waals surface area contributed by atoms with Crippen LogP contribution in [0.2, 0.25) is 0 Å². The largest absolute Gasteiger partial charge is 0.574 e. The van der Waals surface area contributed by atoms with Gasteiger partial charge in [-0.05, 0) is 0 Å². The number of ether oxygens (including phenoxy) is 1. The van der Waals surface area contributed by atoms with Crippen LogP contribution in [0.25, 0.3) is 0 Å². The number of carboxylic acids is 1. The molecule has 5 nitrogen and oxygen atoms in total. The molecule has 0 aliphatic carbocycles. The average Bonchev–Trinajstić information content (AvgIpc) is 2.11. The fourth-order valence-corrected chi connectivity index (χ4v) is 1.11. The molecule has 0 radical (unpaired) electrons. The Bertz CT molecular complexity index is 558. The van der Waals surface area contributed by atoms with Crippen molar-refractivity contribution in [3.05, 3.63) is 27.5 Å². The summed E-state index contributed by atoms with van der Waals surface area (Å²) in [6.45, 7) is 0. The first kappa shape index (κ1) is 14.9. The summed E-state index contributed by atoms with van der Waals surface area (Å²) in [5.41, 5.74) is -5.86. The number of hydrogen-bond acceptors (Lipinski definition) is 3. The summed E-state index contributed by atoms with van der Waals surface area (Å²) in [4.78, 5) is 23.1. The van der Waals surface area contributed by atoms with Crippen molar-refractivity contribution in [1.82, 2.24) is 4.98 Å². The second-order valence-corrected chi connectivity index (χ2v) is 3.09. The number of alkyl halides is 6. The van der Waals surface area contributed by atoms with Crippen molar-refractivity contribution in [3.8, 4) is 5.88 Å². The molecule has 1 rings (SSSR count). The number of carboxylic acid groups (broad SMARTS) is 1. The highest BCUT2D eigenvalue weighted by Gasteiger charge is 2.39. The summed E-state index contributed by atoms with van der Waals surface area (Å²) in [6, 6.07) is 0. The lowest BCUT2D eigenvalue weighted by atomic mass is 10.2. The SMILES string of the molecule is O=C(O)c1c(OC(F)(F)F)[nH]cc(C(F)(F)F)c1=O. The maximum atomic E-state index is 12.3. The third-order valence-electron chi connectivity index (χ3n) is 1.78. The smallest absolute Gasteiger partial charge is 0.477 e. The number of aromatic nitrogens is 1. The van der Waals surface area contributed by atoms with E-state index in [4.69, 9.17) is 5.11 Å². The molecule has 0 aliphatic heterocycles. The van der Waals surface area contributed by atoms with Crippen LogP contribution in [0.15, 0.2) is 11.0 Å². The van der Waals surface area contributed by atoms with Crippen molar-refractivity contribution >= 4 is 5.97 Å². The highest BCUT2D eigenvalue weighted by atomic mass is 19.4. The Kier molecular flexibility index (Phi) is 3.50. The van der Waals surface area contributed by atoms with E-state index in [2.05, 4.69) is 4.74 Å². The normalized spacial score (nSPS) is 12.3. The van der Waals surface area contributed by atoms with Crippen LogP contribution >= 0.6 is 0 Å². The van der Waals surface area contributed by atoms with Crippen LogP contribution in [0.1, 0.15) is 15.9 Å². The summed E-state index contributed by atoms with van der Waals surface area (Å²) < 4.78 is 75.7. The van der Waals surface area contributed by atoms with Gasteiger partial charge in [-0.2, -0.15) is 13.2 Å². The number of aromatic carboxylic acids is 1. The highest BCUT2D eigenvalue weighted by molar-refractivity contribution is 5.90. The Morgan fingerprint density at radius 3 is 2.11 bits per heavy atom. The molecule has 0 spiro atoms. The number of rotatable bonds is 2. The van der Waals surface area contributed by atoms with Gasteiger partial charge in [-0.15, -0.1) is 13.2 Å². The predicted molar refractivity (Wildman–Crippen MR) is 45.7 cm³/mol. The summed E-state index contributed by atoms with van der Waals surface area (Å²) in [6.07, 6.45) is -10.7. The number of halogens is 6. The predicted octanol–water partition coefficient (Wildman–Crippen LogP) is 1.99. The van der Waals surface area contributed by atoms with Crippen LogP contribution in [0.3, 0.4) is 0 Å². The maximum absolute atomic E-state index is 12.3. The van der Waals surface area contributed by atoms with E-state index in [0.717, 1.165) is 0 Å². The standard InChI is InChI=1S/C8H3F6NO4/c9-7(10,11)2-1-15-5(19-8(12,13)14)3(4(2)16)6(17)18/h1H,(H,15,16)(H,17,18). The minimum Gasteiger partial charge on any atom is -0.477 e. The second-order valence-electron chi connectivity index (χ2n) is 3.09. The lowest BCUT2D eigenvalue weighted by molar-refractivity contribution is -0.276. The van der Waals surface area contributed by atoms with E-state index >= 15 is 0 Å². The topological polar surface area (TPSA) is 79.4 Å². The quantitative estimate of drug-likeness (QED) is 0.817. The highest BCUT2D eigenvalue weighted by Crippen LogP contribution is 2.29. The second kappa shape index (κ2) is 4.48. The van der Waals surface area contributed by atoms with E-state index in [-0.39, 0.29) is 6.20 Å². The van der Waals surface area contributed by atoms with Gasteiger partial charge in [0.15, 0.2) is 5.56 Å². The lowest BCUT2D eigenvalue weighted by Gasteiger charge is -2.12. The molecule has 1 heterocycles. The van der Waals surface area contributed by atoms with Crippen LogP contribution in [-0.2, 0) is 6.18 Å². The van der Waals surface area contributed by atoms with Crippen LogP contribution in [0, 0.1) is 0 Å². The van der Waals surface area contributed by atoms with Crippen molar-refractivity contribution in [3.63, 3.8) is 0 Å². The van der Waals surface area contributed by atoms with Gasteiger partial charge in [-0.25, -0.2) is 4.79 Å². The molecular formula is C8H3F6NO4. The zero-order valence-electron chi connectivity index (χ0n) is 8.52. The molecule has 0 saturated carbocycles. The lowest BCUT2D eigenvalue weighted by Crippen LogP contribution is -2.28. The van der Waals surface area contributed by atoms with Crippen molar-refractivity contribution in [1.29, 1.82) is 0 Å². The van der Waals surface area contributed by atoms with Crippen LogP contribution in [0.5, 0.6) is 5.88 Å². The van der Waals surface area contributed by atoms with E-state index in [1.165, 1.54) is 4.98 Å². The molecule has 106 valence electrons. The van der Waals surface area contributed by atoms with Gasteiger partial charge in [0.25, 0.3) is 0 Å². The van der Waals surface area contributed by atoms with Crippen LogP contribution < -0.4 is 10.2 Å². The minimum atomic E-state index is -5.37. The van der Waals surface area contributed by atoms with Gasteiger partial charge < -0.3 is 14.8 Å². The third kappa shape index (κ3) is 3.39. The molecule has 1 aromatic heterocycles. The van der Waals surface area contributed by atoms with Gasteiger partial charge >= 0.3 is 18.5 Å². The first-order valence-electron chi connectivity index (χ1n) is 4.25. The molecule has 0 saturated heterocycles. The molecular weight excluding hydrogens is 288 g/mol. The Morgan fingerprint density at radius 1 is 1.21 bits per heavy atom. The van der Waals surface area contributed by atoms with Crippen molar-refractivity contribution in [2.75, 3.05) is 0 Å². The molecule has 19 heavy (non-hydrogen) atoms. The summed E-state index contributed by atoms with van der Waals surface area (Å²) >= 11 is 0. The summed E-state index contributed by atoms with van der Waals surface area (Å²) in [5, 5.41) is 8.50. The summed E-state index contributed by atoms with van der Waals surface area (Å²) in [7, 11) is 0. The molecule has 1 aromatic rings. The molecule has 0 aliphatic rings. The van der Waals surface area contributed by atoms with Crippen molar-refractivity contribution in [2.24, 2.45) is 0 Å². The monoisotopic (exact) mass is 291 g/mol. The molecule has 0 amide bonds. The number of hydrogen-bond donors (Lipinski definition) is 2.